The lowest BCUT2D eigenvalue weighted by Crippen LogP contribution is -2.43. The van der Waals surface area contributed by atoms with Gasteiger partial charge in [-0.25, -0.2) is 4.98 Å². The van der Waals surface area contributed by atoms with Gasteiger partial charge in [0.15, 0.2) is 11.5 Å². The fourth-order valence-electron chi connectivity index (χ4n) is 2.61. The van der Waals surface area contributed by atoms with E-state index in [2.05, 4.69) is 33.4 Å². The fraction of sp³-hybridized carbons (Fsp3) is 0.500. The number of hydrogen-bond acceptors (Lipinski definition) is 4. The zero-order chi connectivity index (χ0) is 11.9. The second kappa shape index (κ2) is 3.99. The number of benzene rings is 1. The Labute approximate surface area is 106 Å². The SMILES string of the molecule is c1cc(N2CCNCC2)c2oc(C3CC3)nc2c1. The van der Waals surface area contributed by atoms with Crippen LogP contribution in [0.2, 0.25) is 0 Å². The molecule has 2 aromatic rings. The summed E-state index contributed by atoms with van der Waals surface area (Å²) in [5.74, 6) is 1.51. The predicted octanol–water partition coefficient (Wildman–Crippen LogP) is 2.11. The molecule has 4 nitrogen and oxygen atoms in total. The molecular formula is C14H17N3O. The van der Waals surface area contributed by atoms with Gasteiger partial charge in [0.2, 0.25) is 0 Å². The number of anilines is 1. The first kappa shape index (κ1) is 10.4. The van der Waals surface area contributed by atoms with E-state index in [0.717, 1.165) is 43.2 Å². The quantitative estimate of drug-likeness (QED) is 0.877. The largest absolute Gasteiger partial charge is 0.438 e. The summed E-state index contributed by atoms with van der Waals surface area (Å²) in [4.78, 5) is 7.01. The molecule has 1 aliphatic carbocycles. The van der Waals surface area contributed by atoms with Crippen LogP contribution in [0.15, 0.2) is 22.6 Å². The van der Waals surface area contributed by atoms with Crippen molar-refractivity contribution in [2.24, 2.45) is 0 Å². The summed E-state index contributed by atoms with van der Waals surface area (Å²) < 4.78 is 6.00. The van der Waals surface area contributed by atoms with Gasteiger partial charge in [-0.3, -0.25) is 0 Å². The smallest absolute Gasteiger partial charge is 0.198 e. The van der Waals surface area contributed by atoms with Crippen molar-refractivity contribution in [2.75, 3.05) is 31.1 Å². The third kappa shape index (κ3) is 1.68. The maximum atomic E-state index is 6.00. The van der Waals surface area contributed by atoms with Crippen LogP contribution < -0.4 is 10.2 Å². The Kier molecular flexibility index (Phi) is 2.30. The van der Waals surface area contributed by atoms with Gasteiger partial charge in [0, 0.05) is 32.1 Å². The minimum absolute atomic E-state index is 0.577. The van der Waals surface area contributed by atoms with E-state index in [9.17, 15) is 0 Å². The van der Waals surface area contributed by atoms with Crippen molar-refractivity contribution < 1.29 is 4.42 Å². The van der Waals surface area contributed by atoms with E-state index >= 15 is 0 Å². The van der Waals surface area contributed by atoms with Gasteiger partial charge in [0.25, 0.3) is 0 Å². The Morgan fingerprint density at radius 3 is 2.83 bits per heavy atom. The molecule has 1 aliphatic heterocycles. The van der Waals surface area contributed by atoms with Gasteiger partial charge in [-0.15, -0.1) is 0 Å². The van der Waals surface area contributed by atoms with Crippen LogP contribution >= 0.6 is 0 Å². The molecule has 4 rings (SSSR count). The number of hydrogen-bond donors (Lipinski definition) is 1. The number of rotatable bonds is 2. The van der Waals surface area contributed by atoms with Crippen molar-refractivity contribution in [3.63, 3.8) is 0 Å². The monoisotopic (exact) mass is 243 g/mol. The number of piperazine rings is 1. The Morgan fingerprint density at radius 1 is 1.22 bits per heavy atom. The highest BCUT2D eigenvalue weighted by Gasteiger charge is 2.29. The maximum Gasteiger partial charge on any atom is 0.198 e. The van der Waals surface area contributed by atoms with Gasteiger partial charge in [0.05, 0.1) is 5.69 Å². The summed E-state index contributed by atoms with van der Waals surface area (Å²) in [6, 6.07) is 6.28. The van der Waals surface area contributed by atoms with Crippen molar-refractivity contribution in [3.05, 3.63) is 24.1 Å². The summed E-state index contributed by atoms with van der Waals surface area (Å²) in [5.41, 5.74) is 3.18. The van der Waals surface area contributed by atoms with Gasteiger partial charge in [-0.05, 0) is 25.0 Å². The molecule has 0 atom stereocenters. The van der Waals surface area contributed by atoms with Crippen LogP contribution in [0.3, 0.4) is 0 Å². The zero-order valence-electron chi connectivity index (χ0n) is 10.4. The predicted molar refractivity (Wildman–Crippen MR) is 71.1 cm³/mol. The van der Waals surface area contributed by atoms with E-state index in [1.807, 2.05) is 0 Å². The van der Waals surface area contributed by atoms with E-state index in [1.54, 1.807) is 0 Å². The zero-order valence-corrected chi connectivity index (χ0v) is 10.4. The van der Waals surface area contributed by atoms with Crippen LogP contribution in [0.4, 0.5) is 5.69 Å². The second-order valence-electron chi connectivity index (χ2n) is 5.19. The highest BCUT2D eigenvalue weighted by Crippen LogP contribution is 2.41. The molecule has 2 heterocycles. The molecule has 0 radical (unpaired) electrons. The van der Waals surface area contributed by atoms with Crippen LogP contribution in [0.1, 0.15) is 24.7 Å². The topological polar surface area (TPSA) is 41.3 Å². The van der Waals surface area contributed by atoms with Crippen LogP contribution in [-0.2, 0) is 0 Å². The van der Waals surface area contributed by atoms with Crippen LogP contribution in [0.25, 0.3) is 11.1 Å². The van der Waals surface area contributed by atoms with E-state index in [1.165, 1.54) is 18.5 Å². The van der Waals surface area contributed by atoms with Crippen molar-refractivity contribution in [1.82, 2.24) is 10.3 Å². The molecule has 1 N–H and O–H groups in total. The van der Waals surface area contributed by atoms with Crippen LogP contribution in [-0.4, -0.2) is 31.2 Å². The molecule has 1 aromatic heterocycles. The van der Waals surface area contributed by atoms with Gasteiger partial charge in [-0.1, -0.05) is 6.07 Å². The lowest BCUT2D eigenvalue weighted by Gasteiger charge is -2.29. The van der Waals surface area contributed by atoms with E-state index in [0.29, 0.717) is 5.92 Å². The summed E-state index contributed by atoms with van der Waals surface area (Å²) in [5, 5.41) is 3.38. The van der Waals surface area contributed by atoms with Gasteiger partial charge in [0.1, 0.15) is 5.52 Å². The first-order valence-corrected chi connectivity index (χ1v) is 6.77. The minimum Gasteiger partial charge on any atom is -0.438 e. The fourth-order valence-corrected chi connectivity index (χ4v) is 2.61. The molecule has 0 spiro atoms. The minimum atomic E-state index is 0.577. The average molecular weight is 243 g/mol. The Hall–Kier alpha value is -1.55. The van der Waals surface area contributed by atoms with Gasteiger partial charge >= 0.3 is 0 Å². The summed E-state index contributed by atoms with van der Waals surface area (Å²) >= 11 is 0. The third-order valence-corrected chi connectivity index (χ3v) is 3.80. The normalized spacial score (nSPS) is 20.6. The molecule has 2 aliphatic rings. The first-order valence-electron chi connectivity index (χ1n) is 6.77. The second-order valence-corrected chi connectivity index (χ2v) is 5.19. The lowest BCUT2D eigenvalue weighted by molar-refractivity contribution is 0.529. The lowest BCUT2D eigenvalue weighted by atomic mass is 10.2. The average Bonchev–Trinajstić information content (AvgIpc) is 3.18. The first-order chi connectivity index (χ1) is 8.92. The number of para-hydroxylation sites is 1. The van der Waals surface area contributed by atoms with Crippen LogP contribution in [0, 0.1) is 0 Å². The highest BCUT2D eigenvalue weighted by atomic mass is 16.3. The van der Waals surface area contributed by atoms with Gasteiger partial charge in [-0.2, -0.15) is 0 Å². The Balaban J connectivity index is 1.78. The number of fused-ring (bicyclic) bond motifs is 1. The summed E-state index contributed by atoms with van der Waals surface area (Å²) in [6.07, 6.45) is 2.46. The molecule has 1 saturated carbocycles. The molecule has 94 valence electrons. The number of oxazole rings is 1. The Morgan fingerprint density at radius 2 is 2.06 bits per heavy atom. The molecule has 1 aromatic carbocycles. The molecule has 18 heavy (non-hydrogen) atoms. The molecule has 4 heteroatoms. The number of aromatic nitrogens is 1. The molecular weight excluding hydrogens is 226 g/mol. The summed E-state index contributed by atoms with van der Waals surface area (Å²) in [6.45, 7) is 4.16. The standard InChI is InChI=1S/C14H17N3O/c1-2-11-13(18-14(16-11)10-4-5-10)12(3-1)17-8-6-15-7-9-17/h1-3,10,15H,4-9H2. The maximum absolute atomic E-state index is 6.00. The van der Waals surface area contributed by atoms with Crippen LogP contribution in [0.5, 0.6) is 0 Å². The number of nitrogens with zero attached hydrogens (tertiary/aromatic N) is 2. The van der Waals surface area contributed by atoms with Crippen molar-refractivity contribution >= 4 is 16.8 Å². The van der Waals surface area contributed by atoms with E-state index < -0.39 is 0 Å². The van der Waals surface area contributed by atoms with Crippen molar-refractivity contribution in [1.29, 1.82) is 0 Å². The van der Waals surface area contributed by atoms with E-state index in [4.69, 9.17) is 4.42 Å². The van der Waals surface area contributed by atoms with Crippen molar-refractivity contribution in [2.45, 2.75) is 18.8 Å². The van der Waals surface area contributed by atoms with Crippen molar-refractivity contribution in [3.8, 4) is 0 Å². The van der Waals surface area contributed by atoms with E-state index in [-0.39, 0.29) is 0 Å². The molecule has 0 bridgehead atoms. The molecule has 2 fully saturated rings. The summed E-state index contributed by atoms with van der Waals surface area (Å²) in [7, 11) is 0. The Bertz CT molecular complexity index is 567. The molecule has 1 saturated heterocycles. The molecule has 0 unspecified atom stereocenters. The third-order valence-electron chi connectivity index (χ3n) is 3.80. The number of nitrogens with one attached hydrogen (secondary N) is 1. The molecule has 0 amide bonds. The van der Waals surface area contributed by atoms with Gasteiger partial charge < -0.3 is 14.6 Å². The highest BCUT2D eigenvalue weighted by molar-refractivity contribution is 5.87.